The molecular weight excluding hydrogens is 367 g/mol. The van der Waals surface area contributed by atoms with Gasteiger partial charge in [-0.15, -0.1) is 0 Å². The van der Waals surface area contributed by atoms with Crippen molar-refractivity contribution in [2.45, 2.75) is 19.4 Å². The Morgan fingerprint density at radius 1 is 1.11 bits per heavy atom. The number of fused-ring (bicyclic) bond motifs is 1. The summed E-state index contributed by atoms with van der Waals surface area (Å²) in [6.07, 6.45) is 1.82. The van der Waals surface area contributed by atoms with Crippen molar-refractivity contribution in [3.8, 4) is 0 Å². The van der Waals surface area contributed by atoms with E-state index in [1.165, 1.54) is 17.6 Å². The predicted molar refractivity (Wildman–Crippen MR) is 103 cm³/mol. The second-order valence-electron chi connectivity index (χ2n) is 6.97. The first-order chi connectivity index (χ1) is 13.3. The predicted octanol–water partition coefficient (Wildman–Crippen LogP) is 4.34. The Balaban J connectivity index is 0.000000188. The number of para-hydroxylation sites is 2. The van der Waals surface area contributed by atoms with Crippen LogP contribution in [0.3, 0.4) is 0 Å². The van der Waals surface area contributed by atoms with Crippen molar-refractivity contribution in [3.63, 3.8) is 0 Å². The molecule has 2 aromatic carbocycles. The molecule has 0 atom stereocenters. The van der Waals surface area contributed by atoms with Crippen molar-refractivity contribution in [1.82, 2.24) is 14.5 Å². The van der Waals surface area contributed by atoms with E-state index >= 15 is 0 Å². The van der Waals surface area contributed by atoms with Crippen molar-refractivity contribution in [1.29, 1.82) is 0 Å². The average molecular weight is 391 g/mol. The lowest BCUT2D eigenvalue weighted by Gasteiger charge is -2.27. The molecule has 0 amide bonds. The third kappa shape index (κ3) is 5.33. The van der Waals surface area contributed by atoms with Crippen molar-refractivity contribution >= 4 is 11.0 Å². The normalized spacial score (nSPS) is 15.3. The molecule has 1 aromatic heterocycles. The molecule has 2 heterocycles. The van der Waals surface area contributed by atoms with Gasteiger partial charge in [-0.25, -0.2) is 18.2 Å². The average Bonchev–Trinajstić information content (AvgIpc) is 3.03. The fraction of sp³-hybridized carbons (Fsp3) is 0.381. The number of nitrogens with zero attached hydrogens (tertiary/aromatic N) is 3. The SMILES string of the molecule is CC(F)(F)c1cc(F)cc(CN2CCOCC2)c1.Cn1cnc2ccccc21. The smallest absolute Gasteiger partial charge is 0.270 e. The molecule has 4 rings (SSSR count). The molecule has 1 aliphatic heterocycles. The van der Waals surface area contributed by atoms with Gasteiger partial charge in [-0.1, -0.05) is 12.1 Å². The van der Waals surface area contributed by atoms with E-state index in [0.29, 0.717) is 25.3 Å². The van der Waals surface area contributed by atoms with Crippen LogP contribution in [0.15, 0.2) is 48.8 Å². The Kier molecular flexibility index (Phi) is 6.36. The van der Waals surface area contributed by atoms with Gasteiger partial charge in [0.2, 0.25) is 0 Å². The molecule has 150 valence electrons. The van der Waals surface area contributed by atoms with Crippen molar-refractivity contribution in [2.24, 2.45) is 7.05 Å². The highest BCUT2D eigenvalue weighted by Crippen LogP contribution is 2.28. The summed E-state index contributed by atoms with van der Waals surface area (Å²) in [5.74, 6) is -3.63. The topological polar surface area (TPSA) is 30.3 Å². The van der Waals surface area contributed by atoms with Crippen molar-refractivity contribution < 1.29 is 17.9 Å². The van der Waals surface area contributed by atoms with Gasteiger partial charge in [0.15, 0.2) is 0 Å². The zero-order valence-corrected chi connectivity index (χ0v) is 16.0. The van der Waals surface area contributed by atoms with Crippen molar-refractivity contribution in [3.05, 3.63) is 65.7 Å². The standard InChI is InChI=1S/C13H16F3NO.C8H8N2/c1-13(15,16)11-6-10(7-12(14)8-11)9-17-2-4-18-5-3-17;1-10-6-9-7-4-2-3-5-8(7)10/h6-8H,2-5,9H2,1H3;2-6H,1H3. The van der Waals surface area contributed by atoms with E-state index in [9.17, 15) is 13.2 Å². The zero-order valence-electron chi connectivity index (χ0n) is 16.0. The number of imidazole rings is 1. The van der Waals surface area contributed by atoms with Crippen LogP contribution in [0, 0.1) is 5.82 Å². The number of aryl methyl sites for hydroxylation is 1. The molecule has 1 aliphatic rings. The van der Waals surface area contributed by atoms with E-state index in [-0.39, 0.29) is 5.56 Å². The Bertz CT molecular complexity index is 915. The summed E-state index contributed by atoms with van der Waals surface area (Å²) in [5.41, 5.74) is 2.55. The lowest BCUT2D eigenvalue weighted by molar-refractivity contribution is 0.0166. The largest absolute Gasteiger partial charge is 0.379 e. The summed E-state index contributed by atoms with van der Waals surface area (Å²) >= 11 is 0. The number of hydrogen-bond acceptors (Lipinski definition) is 3. The third-order valence-electron chi connectivity index (χ3n) is 4.61. The minimum absolute atomic E-state index is 0.272. The number of ether oxygens (including phenoxy) is 1. The molecule has 0 unspecified atom stereocenters. The minimum Gasteiger partial charge on any atom is -0.379 e. The first-order valence-corrected chi connectivity index (χ1v) is 9.17. The lowest BCUT2D eigenvalue weighted by Crippen LogP contribution is -2.35. The van der Waals surface area contributed by atoms with E-state index < -0.39 is 11.7 Å². The third-order valence-corrected chi connectivity index (χ3v) is 4.61. The Morgan fingerprint density at radius 3 is 2.50 bits per heavy atom. The molecule has 1 saturated heterocycles. The highest BCUT2D eigenvalue weighted by Gasteiger charge is 2.25. The number of benzene rings is 2. The van der Waals surface area contributed by atoms with Gasteiger partial charge in [0.1, 0.15) is 5.82 Å². The van der Waals surface area contributed by atoms with Gasteiger partial charge < -0.3 is 9.30 Å². The Morgan fingerprint density at radius 2 is 1.82 bits per heavy atom. The molecule has 3 aromatic rings. The van der Waals surface area contributed by atoms with Crippen LogP contribution >= 0.6 is 0 Å². The Labute approximate surface area is 162 Å². The van der Waals surface area contributed by atoms with Gasteiger partial charge in [-0.05, 0) is 35.9 Å². The zero-order chi connectivity index (χ0) is 20.1. The van der Waals surface area contributed by atoms with Gasteiger partial charge in [0.05, 0.1) is 30.6 Å². The van der Waals surface area contributed by atoms with E-state index in [0.717, 1.165) is 31.6 Å². The maximum atomic E-state index is 13.3. The molecule has 28 heavy (non-hydrogen) atoms. The molecule has 1 fully saturated rings. The fourth-order valence-corrected chi connectivity index (χ4v) is 3.10. The number of morpholine rings is 1. The van der Waals surface area contributed by atoms with Crippen LogP contribution in [0.2, 0.25) is 0 Å². The van der Waals surface area contributed by atoms with Crippen LogP contribution in [-0.4, -0.2) is 40.8 Å². The molecule has 0 N–H and O–H groups in total. The van der Waals surface area contributed by atoms with Crippen LogP contribution < -0.4 is 0 Å². The summed E-state index contributed by atoms with van der Waals surface area (Å²) in [5, 5.41) is 0. The maximum Gasteiger partial charge on any atom is 0.270 e. The van der Waals surface area contributed by atoms with Gasteiger partial charge in [0, 0.05) is 39.2 Å². The number of aromatic nitrogens is 2. The van der Waals surface area contributed by atoms with Gasteiger partial charge in [0.25, 0.3) is 5.92 Å². The molecule has 0 radical (unpaired) electrons. The molecule has 0 bridgehead atoms. The quantitative estimate of drug-likeness (QED) is 0.665. The number of alkyl halides is 2. The summed E-state index contributed by atoms with van der Waals surface area (Å²) in [6.45, 7) is 4.01. The van der Waals surface area contributed by atoms with Gasteiger partial charge >= 0.3 is 0 Å². The highest BCUT2D eigenvalue weighted by atomic mass is 19.3. The van der Waals surface area contributed by atoms with Crippen LogP contribution in [-0.2, 0) is 24.3 Å². The molecule has 0 saturated carbocycles. The first-order valence-electron chi connectivity index (χ1n) is 9.17. The van der Waals surface area contributed by atoms with Crippen LogP contribution in [0.1, 0.15) is 18.1 Å². The molecular formula is C21H24F3N3O. The van der Waals surface area contributed by atoms with Crippen LogP contribution in [0.25, 0.3) is 11.0 Å². The first kappa shape index (κ1) is 20.4. The van der Waals surface area contributed by atoms with E-state index in [2.05, 4.69) is 16.0 Å². The van der Waals surface area contributed by atoms with E-state index in [1.54, 1.807) is 0 Å². The fourth-order valence-electron chi connectivity index (χ4n) is 3.10. The monoisotopic (exact) mass is 391 g/mol. The number of halogens is 3. The van der Waals surface area contributed by atoms with E-state index in [1.807, 2.05) is 36.1 Å². The summed E-state index contributed by atoms with van der Waals surface area (Å²) in [7, 11) is 2.00. The highest BCUT2D eigenvalue weighted by molar-refractivity contribution is 5.74. The molecule has 0 spiro atoms. The second kappa shape index (κ2) is 8.75. The Hall–Kier alpha value is -2.38. The van der Waals surface area contributed by atoms with Crippen molar-refractivity contribution in [2.75, 3.05) is 26.3 Å². The summed E-state index contributed by atoms with van der Waals surface area (Å²) in [6, 6.07) is 11.7. The van der Waals surface area contributed by atoms with Gasteiger partial charge in [-0.2, -0.15) is 0 Å². The molecule has 0 aliphatic carbocycles. The van der Waals surface area contributed by atoms with Gasteiger partial charge in [-0.3, -0.25) is 4.90 Å². The maximum absolute atomic E-state index is 13.3. The molecule has 4 nitrogen and oxygen atoms in total. The summed E-state index contributed by atoms with van der Waals surface area (Å²) < 4.78 is 46.9. The van der Waals surface area contributed by atoms with Crippen LogP contribution in [0.5, 0.6) is 0 Å². The summed E-state index contributed by atoms with van der Waals surface area (Å²) in [4.78, 5) is 6.25. The molecule has 7 heteroatoms. The number of hydrogen-bond donors (Lipinski definition) is 0. The minimum atomic E-state index is -3.01. The lowest BCUT2D eigenvalue weighted by atomic mass is 10.1. The number of rotatable bonds is 3. The second-order valence-corrected chi connectivity index (χ2v) is 6.97. The van der Waals surface area contributed by atoms with Crippen LogP contribution in [0.4, 0.5) is 13.2 Å². The van der Waals surface area contributed by atoms with E-state index in [4.69, 9.17) is 4.74 Å².